The zero-order chi connectivity index (χ0) is 20.0. The van der Waals surface area contributed by atoms with Gasteiger partial charge in [-0.25, -0.2) is 13.4 Å². The van der Waals surface area contributed by atoms with Crippen LogP contribution in [0.15, 0.2) is 41.3 Å². The summed E-state index contributed by atoms with van der Waals surface area (Å²) in [5.41, 5.74) is -1.26. The highest BCUT2D eigenvalue weighted by Gasteiger charge is 2.35. The summed E-state index contributed by atoms with van der Waals surface area (Å²) in [7, 11) is -3.94. The van der Waals surface area contributed by atoms with E-state index < -0.39 is 32.4 Å². The lowest BCUT2D eigenvalue weighted by atomic mass is 10.0. The fourth-order valence-electron chi connectivity index (χ4n) is 2.52. The number of carbonyl (C=O) groups excluding carboxylic acids is 1. The van der Waals surface area contributed by atoms with E-state index in [0.29, 0.717) is 11.6 Å². The first-order chi connectivity index (χ1) is 12.5. The third kappa shape index (κ3) is 3.96. The number of nitrogens with zero attached hydrogens (tertiary/aromatic N) is 1. The van der Waals surface area contributed by atoms with Crippen molar-refractivity contribution in [1.29, 1.82) is 0 Å². The molecule has 0 radical (unpaired) electrons. The first kappa shape index (κ1) is 19.3. The van der Waals surface area contributed by atoms with Crippen LogP contribution in [0, 0.1) is 6.92 Å². The molecule has 3 rings (SSSR count). The maximum absolute atomic E-state index is 13.3. The van der Waals surface area contributed by atoms with Crippen LogP contribution < -0.4 is 5.32 Å². The molecule has 0 saturated carbocycles. The number of anilines is 1. The number of thiazole rings is 1. The Balaban J connectivity index is 2.07. The van der Waals surface area contributed by atoms with Crippen molar-refractivity contribution in [1.82, 2.24) is 4.98 Å². The molecule has 0 aliphatic carbocycles. The molecule has 1 amide bonds. The highest BCUT2D eigenvalue weighted by atomic mass is 32.2. The van der Waals surface area contributed by atoms with Crippen molar-refractivity contribution in [3.63, 3.8) is 0 Å². The summed E-state index contributed by atoms with van der Waals surface area (Å²) >= 11 is 1.16. The van der Waals surface area contributed by atoms with Gasteiger partial charge in [0, 0.05) is 11.8 Å². The average Bonchev–Trinajstić information content (AvgIpc) is 2.94. The van der Waals surface area contributed by atoms with E-state index in [0.717, 1.165) is 35.3 Å². The molecule has 1 N–H and O–H groups in total. The molecule has 0 unspecified atom stereocenters. The van der Waals surface area contributed by atoms with Crippen molar-refractivity contribution in [3.8, 4) is 0 Å². The molecule has 1 heterocycles. The third-order valence-corrected chi connectivity index (χ3v) is 5.92. The second-order valence-electron chi connectivity index (χ2n) is 5.85. The number of benzene rings is 2. The predicted octanol–water partition coefficient (Wildman–Crippen LogP) is 4.28. The minimum absolute atomic E-state index is 0.207. The Hall–Kier alpha value is -2.46. The number of sulfone groups is 1. The van der Waals surface area contributed by atoms with Gasteiger partial charge >= 0.3 is 6.18 Å². The van der Waals surface area contributed by atoms with E-state index in [-0.39, 0.29) is 16.3 Å². The molecule has 142 valence electrons. The zero-order valence-corrected chi connectivity index (χ0v) is 15.7. The minimum atomic E-state index is -4.80. The molecule has 3 aromatic rings. The van der Waals surface area contributed by atoms with E-state index >= 15 is 0 Å². The fraction of sp³-hybridized carbons (Fsp3) is 0.176. The Morgan fingerprint density at radius 1 is 1.19 bits per heavy atom. The van der Waals surface area contributed by atoms with Crippen LogP contribution in [-0.4, -0.2) is 25.6 Å². The van der Waals surface area contributed by atoms with Crippen LogP contribution in [0.2, 0.25) is 0 Å². The summed E-state index contributed by atoms with van der Waals surface area (Å²) in [5.74, 6) is -0.859. The Kier molecular flexibility index (Phi) is 4.73. The quantitative estimate of drug-likeness (QED) is 0.694. The number of halogens is 3. The number of amides is 1. The molecular formula is C17H13F3N2O3S2. The van der Waals surface area contributed by atoms with Gasteiger partial charge in [0.05, 0.1) is 20.7 Å². The molecule has 0 spiro atoms. The van der Waals surface area contributed by atoms with Gasteiger partial charge in [-0.2, -0.15) is 13.2 Å². The van der Waals surface area contributed by atoms with Crippen LogP contribution in [0.25, 0.3) is 10.2 Å². The predicted molar refractivity (Wildman–Crippen MR) is 96.9 cm³/mol. The van der Waals surface area contributed by atoms with E-state index in [2.05, 4.69) is 10.3 Å². The molecule has 0 saturated heterocycles. The monoisotopic (exact) mass is 414 g/mol. The molecule has 1 aromatic heterocycles. The number of fused-ring (bicyclic) bond motifs is 1. The second-order valence-corrected chi connectivity index (χ2v) is 8.90. The van der Waals surface area contributed by atoms with Gasteiger partial charge in [0.2, 0.25) is 0 Å². The molecule has 2 aromatic carbocycles. The van der Waals surface area contributed by atoms with E-state index in [1.807, 2.05) is 0 Å². The van der Waals surface area contributed by atoms with E-state index in [4.69, 9.17) is 0 Å². The summed E-state index contributed by atoms with van der Waals surface area (Å²) in [6.45, 7) is 1.13. The number of alkyl halides is 3. The van der Waals surface area contributed by atoms with Gasteiger partial charge in [-0.1, -0.05) is 23.5 Å². The van der Waals surface area contributed by atoms with Crippen molar-refractivity contribution in [2.24, 2.45) is 0 Å². The SMILES string of the molecule is Cc1c(C(=O)Nc2nc3ccccc3s2)cc(S(C)(=O)=O)cc1C(F)(F)F. The molecule has 0 aliphatic heterocycles. The van der Waals surface area contributed by atoms with E-state index in [1.165, 1.54) is 0 Å². The molecule has 10 heteroatoms. The van der Waals surface area contributed by atoms with Crippen LogP contribution in [0.1, 0.15) is 21.5 Å². The molecular weight excluding hydrogens is 401 g/mol. The number of nitrogens with one attached hydrogen (secondary N) is 1. The maximum Gasteiger partial charge on any atom is 0.416 e. The summed E-state index contributed by atoms with van der Waals surface area (Å²) < 4.78 is 64.2. The standard InChI is InChI=1S/C17H13F3N2O3S2/c1-9-11(7-10(27(2,24)25)8-12(9)17(18,19)20)15(23)22-16-21-13-5-3-4-6-14(13)26-16/h3-8H,1-2H3,(H,21,22,23). The summed E-state index contributed by atoms with van der Waals surface area (Å²) in [6, 6.07) is 8.57. The van der Waals surface area contributed by atoms with Crippen LogP contribution in [0.3, 0.4) is 0 Å². The smallest absolute Gasteiger partial charge is 0.298 e. The van der Waals surface area contributed by atoms with Gasteiger partial charge in [-0.15, -0.1) is 0 Å². The normalized spacial score (nSPS) is 12.3. The lowest BCUT2D eigenvalue weighted by Gasteiger charge is -2.15. The molecule has 0 atom stereocenters. The van der Waals surface area contributed by atoms with Gasteiger partial charge in [-0.3, -0.25) is 10.1 Å². The topological polar surface area (TPSA) is 76.1 Å². The molecule has 0 bridgehead atoms. The largest absolute Gasteiger partial charge is 0.416 e. The zero-order valence-electron chi connectivity index (χ0n) is 14.1. The number of hydrogen-bond acceptors (Lipinski definition) is 5. The van der Waals surface area contributed by atoms with Gasteiger partial charge in [-0.05, 0) is 36.8 Å². The van der Waals surface area contributed by atoms with Crippen molar-refractivity contribution in [3.05, 3.63) is 53.1 Å². The lowest BCUT2D eigenvalue weighted by molar-refractivity contribution is -0.138. The highest BCUT2D eigenvalue weighted by molar-refractivity contribution is 7.90. The summed E-state index contributed by atoms with van der Waals surface area (Å²) in [6.07, 6.45) is -4.01. The van der Waals surface area contributed by atoms with Crippen LogP contribution in [-0.2, 0) is 16.0 Å². The number of carbonyl (C=O) groups is 1. The Morgan fingerprint density at radius 2 is 1.85 bits per heavy atom. The van der Waals surface area contributed by atoms with Crippen molar-refractivity contribution < 1.29 is 26.4 Å². The first-order valence-corrected chi connectivity index (χ1v) is 10.3. The highest BCUT2D eigenvalue weighted by Crippen LogP contribution is 2.35. The van der Waals surface area contributed by atoms with Crippen LogP contribution >= 0.6 is 11.3 Å². The van der Waals surface area contributed by atoms with Crippen LogP contribution in [0.4, 0.5) is 18.3 Å². The van der Waals surface area contributed by atoms with Crippen molar-refractivity contribution in [2.75, 3.05) is 11.6 Å². The summed E-state index contributed by atoms with van der Waals surface area (Å²) in [5, 5.41) is 2.66. The Labute approximate surface area is 156 Å². The minimum Gasteiger partial charge on any atom is -0.298 e. The van der Waals surface area contributed by atoms with Crippen molar-refractivity contribution >= 4 is 42.4 Å². The molecule has 5 nitrogen and oxygen atoms in total. The Morgan fingerprint density at radius 3 is 2.44 bits per heavy atom. The van der Waals surface area contributed by atoms with E-state index in [9.17, 15) is 26.4 Å². The second kappa shape index (κ2) is 6.61. The number of rotatable bonds is 3. The van der Waals surface area contributed by atoms with Crippen molar-refractivity contribution in [2.45, 2.75) is 18.0 Å². The van der Waals surface area contributed by atoms with Gasteiger partial charge in [0.15, 0.2) is 15.0 Å². The Bertz CT molecular complexity index is 1120. The molecule has 0 fully saturated rings. The summed E-state index contributed by atoms with van der Waals surface area (Å²) in [4.78, 5) is 16.2. The molecule has 27 heavy (non-hydrogen) atoms. The maximum atomic E-state index is 13.3. The number of aromatic nitrogens is 1. The lowest BCUT2D eigenvalue weighted by Crippen LogP contribution is -2.18. The van der Waals surface area contributed by atoms with Gasteiger partial charge in [0.1, 0.15) is 0 Å². The first-order valence-electron chi connectivity index (χ1n) is 7.55. The molecule has 0 aliphatic rings. The number of hydrogen-bond donors (Lipinski definition) is 1. The van der Waals surface area contributed by atoms with Crippen LogP contribution in [0.5, 0.6) is 0 Å². The fourth-order valence-corrected chi connectivity index (χ4v) is 4.05. The van der Waals surface area contributed by atoms with Gasteiger partial charge < -0.3 is 0 Å². The average molecular weight is 414 g/mol. The van der Waals surface area contributed by atoms with Gasteiger partial charge in [0.25, 0.3) is 5.91 Å². The number of para-hydroxylation sites is 1. The third-order valence-electron chi connectivity index (χ3n) is 3.87. The van der Waals surface area contributed by atoms with E-state index in [1.54, 1.807) is 24.3 Å².